The SMILES string of the molecule is C=CCO[C@@]12Oc3ccc(Oc4ccc5ccccc5c4)cc3[C@H]3[C@H](CCCCO)[C@@H](CCCCO)C=C(C(=NOCC)C[C@@H]1N(Cc1cccc4ccccc14)C(=O)c1ccc(C#N)cc1)[C@H]32. The van der Waals surface area contributed by atoms with Crippen molar-refractivity contribution >= 4 is 33.2 Å². The molecule has 6 atom stereocenters. The number of nitrogens with zero attached hydrogens (tertiary/aromatic N) is 3. The summed E-state index contributed by atoms with van der Waals surface area (Å²) in [4.78, 5) is 23.5. The first-order chi connectivity index (χ1) is 33.4. The number of hydrogen-bond acceptors (Lipinski definition) is 9. The summed E-state index contributed by atoms with van der Waals surface area (Å²) in [6, 6.07) is 42.9. The second kappa shape index (κ2) is 21.0. The van der Waals surface area contributed by atoms with Crippen LogP contribution in [0.4, 0.5) is 0 Å². The molecule has 6 aromatic rings. The highest BCUT2D eigenvalue weighted by molar-refractivity contribution is 6.03. The Labute approximate surface area is 398 Å². The van der Waals surface area contributed by atoms with Crippen molar-refractivity contribution in [3.8, 4) is 23.3 Å². The van der Waals surface area contributed by atoms with Gasteiger partial charge in [-0.15, -0.1) is 6.58 Å². The highest BCUT2D eigenvalue weighted by Crippen LogP contribution is 2.62. The molecule has 348 valence electrons. The Balaban J connectivity index is 1.27. The molecule has 3 aliphatic rings. The minimum absolute atomic E-state index is 0.0344. The number of carbonyl (C=O) groups excluding carboxylic acids is 1. The first-order valence-electron chi connectivity index (χ1n) is 24.0. The summed E-state index contributed by atoms with van der Waals surface area (Å²) in [6.45, 7) is 6.89. The first kappa shape index (κ1) is 46.3. The number of nitriles is 1. The van der Waals surface area contributed by atoms with E-state index in [-0.39, 0.29) is 56.4 Å². The number of oxime groups is 1. The van der Waals surface area contributed by atoms with E-state index in [0.717, 1.165) is 69.6 Å². The fourth-order valence-corrected chi connectivity index (χ4v) is 11.0. The zero-order valence-corrected chi connectivity index (χ0v) is 38.6. The maximum Gasteiger partial charge on any atom is 0.254 e. The summed E-state index contributed by atoms with van der Waals surface area (Å²) in [5, 5.41) is 39.0. The monoisotopic (exact) mass is 909 g/mol. The third-order valence-electron chi connectivity index (χ3n) is 14.0. The topological polar surface area (TPSA) is 134 Å². The van der Waals surface area contributed by atoms with Crippen molar-refractivity contribution in [3.63, 3.8) is 0 Å². The Morgan fingerprint density at radius 1 is 0.868 bits per heavy atom. The Hall–Kier alpha value is -6.77. The zero-order chi connectivity index (χ0) is 47.0. The van der Waals surface area contributed by atoms with Crippen LogP contribution in [0.3, 0.4) is 0 Å². The van der Waals surface area contributed by atoms with Crippen molar-refractivity contribution in [2.45, 2.75) is 76.2 Å². The van der Waals surface area contributed by atoms with E-state index in [1.54, 1.807) is 30.3 Å². The molecule has 10 heteroatoms. The Morgan fingerprint density at radius 3 is 2.35 bits per heavy atom. The van der Waals surface area contributed by atoms with Gasteiger partial charge in [0.15, 0.2) is 0 Å². The lowest BCUT2D eigenvalue weighted by atomic mass is 9.55. The van der Waals surface area contributed by atoms with Crippen molar-refractivity contribution in [1.29, 1.82) is 5.26 Å². The molecule has 1 heterocycles. The largest absolute Gasteiger partial charge is 0.459 e. The van der Waals surface area contributed by atoms with Gasteiger partial charge in [0.1, 0.15) is 29.9 Å². The molecule has 2 aliphatic carbocycles. The molecule has 0 spiro atoms. The smallest absolute Gasteiger partial charge is 0.254 e. The lowest BCUT2D eigenvalue weighted by molar-refractivity contribution is -0.255. The average Bonchev–Trinajstić information content (AvgIpc) is 3.37. The van der Waals surface area contributed by atoms with Crippen molar-refractivity contribution in [1.82, 2.24) is 4.90 Å². The van der Waals surface area contributed by atoms with Gasteiger partial charge in [0.05, 0.1) is 29.9 Å². The second-order valence-corrected chi connectivity index (χ2v) is 18.1. The average molecular weight is 910 g/mol. The van der Waals surface area contributed by atoms with Gasteiger partial charge in [-0.05, 0) is 132 Å². The number of hydrogen-bond donors (Lipinski definition) is 2. The van der Waals surface area contributed by atoms with Crippen molar-refractivity contribution in [2.75, 3.05) is 26.4 Å². The van der Waals surface area contributed by atoms with Gasteiger partial charge in [0.2, 0.25) is 5.79 Å². The van der Waals surface area contributed by atoms with Crippen molar-refractivity contribution in [2.24, 2.45) is 22.9 Å². The van der Waals surface area contributed by atoms with E-state index in [2.05, 4.69) is 67.3 Å². The predicted octanol–water partition coefficient (Wildman–Crippen LogP) is 11.7. The summed E-state index contributed by atoms with van der Waals surface area (Å²) in [5.41, 5.74) is 4.47. The Kier molecular flexibility index (Phi) is 14.3. The third kappa shape index (κ3) is 9.26. The molecule has 0 unspecified atom stereocenters. The molecule has 9 rings (SSSR count). The number of fused-ring (bicyclic) bond motifs is 4. The van der Waals surface area contributed by atoms with Crippen LogP contribution in [-0.4, -0.2) is 65.0 Å². The van der Waals surface area contributed by atoms with Gasteiger partial charge in [0, 0.05) is 43.2 Å². The molecule has 0 aromatic heterocycles. The number of rotatable bonds is 19. The van der Waals surface area contributed by atoms with E-state index >= 15 is 4.79 Å². The van der Waals surface area contributed by atoms with Crippen molar-refractivity contribution in [3.05, 3.63) is 174 Å². The van der Waals surface area contributed by atoms with E-state index in [0.29, 0.717) is 47.8 Å². The summed E-state index contributed by atoms with van der Waals surface area (Å²) in [5.74, 6) is -0.345. The molecular weight excluding hydrogens is 851 g/mol. The van der Waals surface area contributed by atoms with E-state index in [1.807, 2.05) is 66.4 Å². The molecule has 0 radical (unpaired) electrons. The number of carbonyl (C=O) groups is 1. The number of unbranched alkanes of at least 4 members (excludes halogenated alkanes) is 2. The van der Waals surface area contributed by atoms with Crippen LogP contribution in [0.1, 0.15) is 84.8 Å². The first-order valence-corrected chi connectivity index (χ1v) is 24.0. The van der Waals surface area contributed by atoms with E-state index in [9.17, 15) is 15.5 Å². The molecule has 2 N–H and O–H groups in total. The predicted molar refractivity (Wildman–Crippen MR) is 266 cm³/mol. The number of benzene rings is 6. The van der Waals surface area contributed by atoms with Crippen molar-refractivity contribution < 1.29 is 34.1 Å². The van der Waals surface area contributed by atoms with E-state index in [4.69, 9.17) is 24.2 Å². The lowest BCUT2D eigenvalue weighted by Crippen LogP contribution is -2.70. The minimum Gasteiger partial charge on any atom is -0.459 e. The maximum absolute atomic E-state index is 15.6. The number of aliphatic hydroxyl groups excluding tert-OH is 2. The second-order valence-electron chi connectivity index (χ2n) is 18.1. The van der Waals surface area contributed by atoms with Gasteiger partial charge in [-0.25, -0.2) is 0 Å². The summed E-state index contributed by atoms with van der Waals surface area (Å²) in [7, 11) is 0. The Morgan fingerprint density at radius 2 is 1.59 bits per heavy atom. The molecule has 1 fully saturated rings. The van der Waals surface area contributed by atoms with Crippen LogP contribution in [0, 0.1) is 29.1 Å². The highest BCUT2D eigenvalue weighted by Gasteiger charge is 2.65. The molecular formula is C58H59N3O7. The third-order valence-corrected chi connectivity index (χ3v) is 14.0. The summed E-state index contributed by atoms with van der Waals surface area (Å²) >= 11 is 0. The lowest BCUT2D eigenvalue weighted by Gasteiger charge is -2.60. The highest BCUT2D eigenvalue weighted by atomic mass is 16.7. The van der Waals surface area contributed by atoms with Crippen LogP contribution in [0.5, 0.6) is 17.2 Å². The fourth-order valence-electron chi connectivity index (χ4n) is 11.0. The molecule has 0 saturated heterocycles. The van der Waals surface area contributed by atoms with E-state index in [1.165, 1.54) is 0 Å². The maximum atomic E-state index is 15.6. The minimum atomic E-state index is -1.47. The standard InChI is InChI=1S/C58H59N3O7/c1-3-32-65-58-54(61(57(64)42-24-22-39(37-59)23-25-42)38-45-19-13-18-41-15-7-8-20-48(41)45)36-52(60-66-4-2)50-34-44(17-9-11-30-62)49(21-10-12-31-63)55(56(50)58)51-35-47(28-29-53(51)68-58)67-46-27-26-40-14-5-6-16-43(40)33-46/h3,5-8,13-16,18-20,22-29,33-35,44,49,54-56,62-63H,1,4,9-12,17,21,30-32,36,38H2,2H3/t44-,49+,54-,55+,56+,58+/m0/s1. The van der Waals surface area contributed by atoms with Gasteiger partial charge < -0.3 is 34.2 Å². The molecule has 1 amide bonds. The molecule has 1 saturated carbocycles. The summed E-state index contributed by atoms with van der Waals surface area (Å²) < 4.78 is 21.5. The molecule has 0 bridgehead atoms. The van der Waals surface area contributed by atoms with Gasteiger partial charge in [0.25, 0.3) is 5.91 Å². The van der Waals surface area contributed by atoms with Crippen LogP contribution in [0.15, 0.2) is 157 Å². The number of ether oxygens (including phenoxy) is 3. The van der Waals surface area contributed by atoms with Gasteiger partial charge in [-0.2, -0.15) is 5.26 Å². The normalized spacial score (nSPS) is 22.1. The number of allylic oxidation sites excluding steroid dienone is 1. The molecule has 10 nitrogen and oxygen atoms in total. The van der Waals surface area contributed by atoms with Gasteiger partial charge in [-0.1, -0.05) is 103 Å². The number of aliphatic hydroxyl groups is 2. The van der Waals surface area contributed by atoms with E-state index < -0.39 is 17.7 Å². The summed E-state index contributed by atoms with van der Waals surface area (Å²) in [6.07, 6.45) is 8.90. The molecule has 68 heavy (non-hydrogen) atoms. The quantitative estimate of drug-likeness (QED) is 0.0466. The van der Waals surface area contributed by atoms with Crippen LogP contribution >= 0.6 is 0 Å². The fraction of sp³-hybridized carbons (Fsp3) is 0.328. The van der Waals surface area contributed by atoms with Gasteiger partial charge >= 0.3 is 0 Å². The molecule has 6 aromatic carbocycles. The van der Waals surface area contributed by atoms with Crippen LogP contribution < -0.4 is 9.47 Å². The number of amides is 1. The van der Waals surface area contributed by atoms with Crippen LogP contribution in [-0.2, 0) is 16.1 Å². The Bertz CT molecular complexity index is 2860. The zero-order valence-electron chi connectivity index (χ0n) is 38.6. The van der Waals surface area contributed by atoms with Crippen LogP contribution in [0.25, 0.3) is 21.5 Å². The van der Waals surface area contributed by atoms with Gasteiger partial charge in [-0.3, -0.25) is 4.79 Å². The molecule has 1 aliphatic heterocycles. The van der Waals surface area contributed by atoms with Crippen LogP contribution in [0.2, 0.25) is 0 Å².